The van der Waals surface area contributed by atoms with E-state index in [1.165, 1.54) is 0 Å². The van der Waals surface area contributed by atoms with Crippen molar-refractivity contribution in [3.05, 3.63) is 224 Å². The highest BCUT2D eigenvalue weighted by molar-refractivity contribution is 5.91. The topological polar surface area (TPSA) is 88.2 Å². The van der Waals surface area contributed by atoms with E-state index in [-0.39, 0.29) is 0 Å². The van der Waals surface area contributed by atoms with E-state index in [0.717, 1.165) is 78.1 Å². The summed E-state index contributed by atoms with van der Waals surface area (Å²) in [6.45, 7) is 0. The molecule has 0 saturated carbocycles. The van der Waals surface area contributed by atoms with Crippen LogP contribution in [-0.2, 0) is 0 Å². The maximum atomic E-state index is 9.52. The molecule has 10 aromatic rings. The van der Waals surface area contributed by atoms with Crippen molar-refractivity contribution < 1.29 is 0 Å². The van der Waals surface area contributed by atoms with Gasteiger partial charge in [0.2, 0.25) is 0 Å². The normalized spacial score (nSPS) is 10.9. The molecule has 0 amide bonds. The van der Waals surface area contributed by atoms with Crippen LogP contribution in [0.4, 0.5) is 0 Å². The molecule has 2 aromatic heterocycles. The summed E-state index contributed by atoms with van der Waals surface area (Å²) in [5.41, 5.74) is 13.9. The smallest absolute Gasteiger partial charge is 0.164 e. The van der Waals surface area contributed by atoms with Crippen molar-refractivity contribution in [2.24, 2.45) is 0 Å². The van der Waals surface area contributed by atoms with Crippen LogP contribution in [-0.4, -0.2) is 24.9 Å². The average molecular weight is 793 g/mol. The van der Waals surface area contributed by atoms with Crippen LogP contribution in [0.25, 0.3) is 101 Å². The molecule has 0 radical (unpaired) electrons. The lowest BCUT2D eigenvalue weighted by atomic mass is 9.93. The van der Waals surface area contributed by atoms with Gasteiger partial charge in [0, 0.05) is 33.4 Å². The molecule has 0 N–H and O–H groups in total. The molecule has 8 aromatic carbocycles. The third kappa shape index (κ3) is 7.78. The van der Waals surface area contributed by atoms with Gasteiger partial charge in [-0.15, -0.1) is 0 Å². The number of hydrogen-bond acceptors (Lipinski definition) is 6. The second-order valence-corrected chi connectivity index (χ2v) is 14.8. The predicted octanol–water partition coefficient (Wildman–Crippen LogP) is 13.5. The monoisotopic (exact) mass is 792 g/mol. The van der Waals surface area contributed by atoms with Crippen LogP contribution in [0.15, 0.2) is 218 Å². The molecule has 6 heteroatoms. The van der Waals surface area contributed by atoms with Crippen molar-refractivity contribution in [3.63, 3.8) is 0 Å². The summed E-state index contributed by atoms with van der Waals surface area (Å²) in [5.74, 6) is 2.35. The number of nitriles is 1. The van der Waals surface area contributed by atoms with E-state index in [1.807, 2.05) is 127 Å². The van der Waals surface area contributed by atoms with Crippen LogP contribution in [0, 0.1) is 11.3 Å². The second kappa shape index (κ2) is 16.9. The third-order valence-electron chi connectivity index (χ3n) is 10.8. The molecule has 2 heterocycles. The molecule has 290 valence electrons. The fourth-order valence-corrected chi connectivity index (χ4v) is 7.74. The lowest BCUT2D eigenvalue weighted by Crippen LogP contribution is -2.01. The molecule has 0 saturated heterocycles. The standard InChI is InChI=1S/C56H36N6/c57-37-38-17-14-24-42(33-38)43-25-15-26-44(34-43)45-27-16-28-46(35-45)55-60-54(41-22-8-3-9-23-41)61-56(62-55)50-32-13-11-30-48(50)47-29-10-12-31-49(47)52-36-51(39-18-4-1-5-19-39)58-53(59-52)40-20-6-2-7-21-40/h1-36H. The van der Waals surface area contributed by atoms with Gasteiger partial charge in [-0.2, -0.15) is 5.26 Å². The van der Waals surface area contributed by atoms with Crippen LogP contribution in [0.3, 0.4) is 0 Å². The van der Waals surface area contributed by atoms with E-state index in [1.54, 1.807) is 0 Å². The van der Waals surface area contributed by atoms with Crippen molar-refractivity contribution in [2.45, 2.75) is 0 Å². The number of hydrogen-bond donors (Lipinski definition) is 0. The maximum Gasteiger partial charge on any atom is 0.164 e. The molecule has 6 nitrogen and oxygen atoms in total. The Hall–Kier alpha value is -8.66. The van der Waals surface area contributed by atoms with E-state index < -0.39 is 0 Å². The lowest BCUT2D eigenvalue weighted by Gasteiger charge is -2.16. The summed E-state index contributed by atoms with van der Waals surface area (Å²) < 4.78 is 0. The Labute approximate surface area is 360 Å². The number of rotatable bonds is 9. The first-order chi connectivity index (χ1) is 30.7. The largest absolute Gasteiger partial charge is 0.228 e. The molecule has 0 fully saturated rings. The van der Waals surface area contributed by atoms with Crippen molar-refractivity contribution >= 4 is 0 Å². The van der Waals surface area contributed by atoms with Gasteiger partial charge in [0.1, 0.15) is 0 Å². The zero-order valence-corrected chi connectivity index (χ0v) is 33.5. The van der Waals surface area contributed by atoms with Gasteiger partial charge in [-0.25, -0.2) is 24.9 Å². The van der Waals surface area contributed by atoms with Crippen LogP contribution in [0.5, 0.6) is 0 Å². The van der Waals surface area contributed by atoms with Crippen LogP contribution < -0.4 is 0 Å². The SMILES string of the molecule is N#Cc1cccc(-c2cccc(-c3cccc(-c4nc(-c5ccccc5)nc(-c5ccccc5-c5ccccc5-c5cc(-c6ccccc6)nc(-c6ccccc6)n5)n4)c3)c2)c1. The van der Waals surface area contributed by atoms with Crippen LogP contribution in [0.1, 0.15) is 5.56 Å². The van der Waals surface area contributed by atoms with Crippen molar-refractivity contribution in [1.29, 1.82) is 5.26 Å². The van der Waals surface area contributed by atoms with Gasteiger partial charge in [-0.1, -0.05) is 188 Å². The molecular formula is C56H36N6. The molecule has 0 atom stereocenters. The quantitative estimate of drug-likeness (QED) is 0.145. The first kappa shape index (κ1) is 37.6. The Morgan fingerprint density at radius 1 is 0.258 bits per heavy atom. The van der Waals surface area contributed by atoms with Crippen molar-refractivity contribution in [1.82, 2.24) is 24.9 Å². The van der Waals surface area contributed by atoms with E-state index >= 15 is 0 Å². The molecule has 0 aliphatic rings. The highest BCUT2D eigenvalue weighted by Gasteiger charge is 2.20. The fourth-order valence-electron chi connectivity index (χ4n) is 7.74. The predicted molar refractivity (Wildman–Crippen MR) is 249 cm³/mol. The van der Waals surface area contributed by atoms with Crippen molar-refractivity contribution in [2.75, 3.05) is 0 Å². The molecule has 0 spiro atoms. The Morgan fingerprint density at radius 2 is 0.645 bits per heavy atom. The Bertz CT molecular complexity index is 3190. The molecule has 0 unspecified atom stereocenters. The molecule has 62 heavy (non-hydrogen) atoms. The van der Waals surface area contributed by atoms with Gasteiger partial charge in [0.05, 0.1) is 23.0 Å². The Kier molecular flexibility index (Phi) is 10.3. The molecular weight excluding hydrogens is 757 g/mol. The van der Waals surface area contributed by atoms with Gasteiger partial charge in [0.25, 0.3) is 0 Å². The van der Waals surface area contributed by atoms with Crippen LogP contribution in [0.2, 0.25) is 0 Å². The lowest BCUT2D eigenvalue weighted by molar-refractivity contribution is 1.07. The summed E-state index contributed by atoms with van der Waals surface area (Å²) in [6.07, 6.45) is 0. The second-order valence-electron chi connectivity index (χ2n) is 14.8. The summed E-state index contributed by atoms with van der Waals surface area (Å²) in [5, 5.41) is 9.52. The Morgan fingerprint density at radius 3 is 1.24 bits per heavy atom. The zero-order chi connectivity index (χ0) is 41.7. The minimum atomic E-state index is 0.557. The molecule has 0 aliphatic carbocycles. The highest BCUT2D eigenvalue weighted by Crippen LogP contribution is 2.39. The minimum absolute atomic E-state index is 0.557. The van der Waals surface area contributed by atoms with Gasteiger partial charge in [-0.3, -0.25) is 0 Å². The van der Waals surface area contributed by atoms with Gasteiger partial charge in [0.15, 0.2) is 23.3 Å². The zero-order valence-electron chi connectivity index (χ0n) is 33.5. The van der Waals surface area contributed by atoms with Gasteiger partial charge >= 0.3 is 0 Å². The summed E-state index contributed by atoms with van der Waals surface area (Å²) in [4.78, 5) is 25.7. The van der Waals surface area contributed by atoms with Crippen LogP contribution >= 0.6 is 0 Å². The minimum Gasteiger partial charge on any atom is -0.228 e. The highest BCUT2D eigenvalue weighted by atomic mass is 15.0. The van der Waals surface area contributed by atoms with Gasteiger partial charge < -0.3 is 0 Å². The van der Waals surface area contributed by atoms with E-state index in [4.69, 9.17) is 24.9 Å². The third-order valence-corrected chi connectivity index (χ3v) is 10.8. The summed E-state index contributed by atoms with van der Waals surface area (Å²) >= 11 is 0. The number of benzene rings is 8. The number of aromatic nitrogens is 5. The van der Waals surface area contributed by atoms with E-state index in [9.17, 15) is 5.26 Å². The summed E-state index contributed by atoms with van der Waals surface area (Å²) in [6, 6.07) is 75.7. The average Bonchev–Trinajstić information content (AvgIpc) is 3.37. The Balaban J connectivity index is 1.10. The first-order valence-corrected chi connectivity index (χ1v) is 20.4. The molecule has 0 aliphatic heterocycles. The summed E-state index contributed by atoms with van der Waals surface area (Å²) in [7, 11) is 0. The van der Waals surface area contributed by atoms with Gasteiger partial charge in [-0.05, 0) is 63.7 Å². The molecule has 10 rings (SSSR count). The maximum absolute atomic E-state index is 9.52. The van der Waals surface area contributed by atoms with Crippen molar-refractivity contribution in [3.8, 4) is 108 Å². The fraction of sp³-hybridized carbons (Fsp3) is 0. The number of nitrogens with zero attached hydrogens (tertiary/aromatic N) is 6. The van der Waals surface area contributed by atoms with E-state index in [0.29, 0.717) is 28.9 Å². The first-order valence-electron chi connectivity index (χ1n) is 20.4. The molecule has 0 bridgehead atoms. The van der Waals surface area contributed by atoms with E-state index in [2.05, 4.69) is 97.1 Å².